The predicted octanol–water partition coefficient (Wildman–Crippen LogP) is 3.38. The van der Waals surface area contributed by atoms with Gasteiger partial charge in [0.25, 0.3) is 0 Å². The normalized spacial score (nSPS) is 51.6. The van der Waals surface area contributed by atoms with Crippen molar-refractivity contribution in [1.29, 1.82) is 0 Å². The van der Waals surface area contributed by atoms with Crippen molar-refractivity contribution in [3.63, 3.8) is 0 Å². The molecule has 3 aliphatic rings. The van der Waals surface area contributed by atoms with Crippen LogP contribution in [0, 0.1) is 17.3 Å². The molecule has 2 bridgehead atoms. The Morgan fingerprint density at radius 3 is 2.53 bits per heavy atom. The van der Waals surface area contributed by atoms with Crippen molar-refractivity contribution in [3.05, 3.63) is 0 Å². The highest BCUT2D eigenvalue weighted by atomic mass is 35.5. The molecule has 0 spiro atoms. The molecule has 0 heterocycles. The topological polar surface area (TPSA) is 12.0 Å². The quantitative estimate of drug-likeness (QED) is 0.766. The van der Waals surface area contributed by atoms with E-state index in [2.05, 4.69) is 19.3 Å². The summed E-state index contributed by atoms with van der Waals surface area (Å²) in [6, 6.07) is 0. The zero-order chi connectivity index (χ0) is 9.81. The third kappa shape index (κ3) is 1.09. The summed E-state index contributed by atoms with van der Waals surface area (Å²) in [5, 5.41) is 3.76. The number of nitrogens with one attached hydrogen (secondary N) is 1. The van der Waals surface area contributed by atoms with Crippen LogP contribution in [0.1, 0.15) is 51.9 Å². The third-order valence-corrected chi connectivity index (χ3v) is 6.07. The molecule has 0 radical (unpaired) electrons. The molecule has 3 rings (SSSR count). The van der Waals surface area contributed by atoms with Crippen LogP contribution < -0.4 is 5.32 Å². The van der Waals surface area contributed by atoms with Crippen LogP contribution in [0.15, 0.2) is 0 Å². The maximum atomic E-state index is 3.76. The number of hydrogen-bond acceptors (Lipinski definition) is 1. The molecule has 0 aliphatic heterocycles. The molecule has 2 heteroatoms. The van der Waals surface area contributed by atoms with E-state index in [0.717, 1.165) is 11.8 Å². The van der Waals surface area contributed by atoms with E-state index >= 15 is 0 Å². The molecule has 0 aromatic heterocycles. The van der Waals surface area contributed by atoms with Gasteiger partial charge in [-0.1, -0.05) is 13.3 Å². The minimum atomic E-state index is 0. The van der Waals surface area contributed by atoms with Crippen LogP contribution in [0.2, 0.25) is 0 Å². The van der Waals surface area contributed by atoms with Gasteiger partial charge in [0, 0.05) is 5.54 Å². The Balaban J connectivity index is 0.000000853. The zero-order valence-corrected chi connectivity index (χ0v) is 10.8. The highest BCUT2D eigenvalue weighted by molar-refractivity contribution is 5.85. The first-order valence-corrected chi connectivity index (χ1v) is 6.48. The molecule has 4 atom stereocenters. The molecule has 0 unspecified atom stereocenters. The van der Waals surface area contributed by atoms with Crippen molar-refractivity contribution >= 4 is 12.4 Å². The maximum absolute atomic E-state index is 3.76. The fraction of sp³-hybridized carbons (Fsp3) is 1.00. The number of fused-ring (bicyclic) bond motifs is 5. The van der Waals surface area contributed by atoms with Gasteiger partial charge in [-0.15, -0.1) is 12.4 Å². The molecule has 0 aromatic rings. The first kappa shape index (κ1) is 11.7. The van der Waals surface area contributed by atoms with E-state index in [9.17, 15) is 0 Å². The van der Waals surface area contributed by atoms with Gasteiger partial charge in [-0.3, -0.25) is 0 Å². The molecular weight excluding hydrogens is 206 g/mol. The Morgan fingerprint density at radius 1 is 1.20 bits per heavy atom. The molecule has 0 saturated heterocycles. The molecule has 3 aliphatic carbocycles. The van der Waals surface area contributed by atoms with Crippen molar-refractivity contribution in [2.75, 3.05) is 7.05 Å². The van der Waals surface area contributed by atoms with Crippen LogP contribution in [0.5, 0.6) is 0 Å². The standard InChI is InChI=1S/C13H23N.ClH/c1-3-12-7-4-8-13(12,14-2)11-6-5-10(12)9-11;/h10-11,14H,3-9H2,1-2H3;1H/t10-,11+,12+,13+;/m1./s1. The number of halogens is 1. The predicted molar refractivity (Wildman–Crippen MR) is 66.4 cm³/mol. The van der Waals surface area contributed by atoms with Crippen LogP contribution >= 0.6 is 12.4 Å². The SMILES string of the molecule is CC[C@@]12CCC[C@]1(NC)[C@H]1CC[C@@H]2C1.Cl. The smallest absolute Gasteiger partial charge is 0.0265 e. The summed E-state index contributed by atoms with van der Waals surface area (Å²) in [7, 11) is 2.22. The highest BCUT2D eigenvalue weighted by Crippen LogP contribution is 2.69. The molecule has 0 aromatic carbocycles. The van der Waals surface area contributed by atoms with Gasteiger partial charge in [0.2, 0.25) is 0 Å². The lowest BCUT2D eigenvalue weighted by Crippen LogP contribution is -2.57. The Kier molecular flexibility index (Phi) is 2.84. The van der Waals surface area contributed by atoms with E-state index in [1.807, 2.05) is 0 Å². The van der Waals surface area contributed by atoms with Crippen molar-refractivity contribution in [1.82, 2.24) is 5.32 Å². The zero-order valence-electron chi connectivity index (χ0n) is 10.0. The van der Waals surface area contributed by atoms with Crippen LogP contribution in [-0.2, 0) is 0 Å². The van der Waals surface area contributed by atoms with E-state index in [-0.39, 0.29) is 12.4 Å². The number of hydrogen-bond donors (Lipinski definition) is 1. The summed E-state index contributed by atoms with van der Waals surface area (Å²) in [5.74, 6) is 2.08. The summed E-state index contributed by atoms with van der Waals surface area (Å²) in [6.07, 6.45) is 10.4. The summed E-state index contributed by atoms with van der Waals surface area (Å²) >= 11 is 0. The van der Waals surface area contributed by atoms with Gasteiger partial charge in [-0.25, -0.2) is 0 Å². The second kappa shape index (κ2) is 3.63. The third-order valence-electron chi connectivity index (χ3n) is 6.07. The lowest BCUT2D eigenvalue weighted by molar-refractivity contribution is 0.0501. The number of rotatable bonds is 2. The molecule has 3 saturated carbocycles. The Bertz CT molecular complexity index is 231. The van der Waals surface area contributed by atoms with Crippen molar-refractivity contribution in [3.8, 4) is 0 Å². The van der Waals surface area contributed by atoms with Gasteiger partial charge in [0.15, 0.2) is 0 Å². The lowest BCUT2D eigenvalue weighted by Gasteiger charge is -2.49. The largest absolute Gasteiger partial charge is 0.313 e. The fourth-order valence-corrected chi connectivity index (χ4v) is 5.62. The van der Waals surface area contributed by atoms with Gasteiger partial charge in [0.05, 0.1) is 0 Å². The van der Waals surface area contributed by atoms with Gasteiger partial charge < -0.3 is 5.32 Å². The summed E-state index contributed by atoms with van der Waals surface area (Å²) < 4.78 is 0. The van der Waals surface area contributed by atoms with E-state index < -0.39 is 0 Å². The van der Waals surface area contributed by atoms with Crippen LogP contribution in [0.4, 0.5) is 0 Å². The van der Waals surface area contributed by atoms with Gasteiger partial charge in [0.1, 0.15) is 0 Å². The average molecular weight is 230 g/mol. The lowest BCUT2D eigenvalue weighted by atomic mass is 9.61. The monoisotopic (exact) mass is 229 g/mol. The molecule has 0 amide bonds. The van der Waals surface area contributed by atoms with Gasteiger partial charge in [-0.2, -0.15) is 0 Å². The average Bonchev–Trinajstić information content (AvgIpc) is 2.88. The van der Waals surface area contributed by atoms with E-state index in [0.29, 0.717) is 11.0 Å². The molecular formula is C13H24ClN. The van der Waals surface area contributed by atoms with Crippen LogP contribution in [0.25, 0.3) is 0 Å². The minimum absolute atomic E-state index is 0. The van der Waals surface area contributed by atoms with E-state index in [4.69, 9.17) is 0 Å². The fourth-order valence-electron chi connectivity index (χ4n) is 5.62. The van der Waals surface area contributed by atoms with Gasteiger partial charge in [-0.05, 0) is 62.8 Å². The molecule has 15 heavy (non-hydrogen) atoms. The summed E-state index contributed by atoms with van der Waals surface area (Å²) in [6.45, 7) is 2.43. The van der Waals surface area contributed by atoms with Crippen molar-refractivity contribution in [2.45, 2.75) is 57.4 Å². The first-order valence-electron chi connectivity index (χ1n) is 6.48. The van der Waals surface area contributed by atoms with Crippen LogP contribution in [0.3, 0.4) is 0 Å². The van der Waals surface area contributed by atoms with Crippen LogP contribution in [-0.4, -0.2) is 12.6 Å². The van der Waals surface area contributed by atoms with Crippen molar-refractivity contribution in [2.24, 2.45) is 17.3 Å². The van der Waals surface area contributed by atoms with Crippen molar-refractivity contribution < 1.29 is 0 Å². The molecule has 88 valence electrons. The second-order valence-corrected chi connectivity index (χ2v) is 5.79. The molecule has 1 N–H and O–H groups in total. The Labute approximate surface area is 99.8 Å². The Hall–Kier alpha value is 0.250. The second-order valence-electron chi connectivity index (χ2n) is 5.79. The highest BCUT2D eigenvalue weighted by Gasteiger charge is 2.67. The maximum Gasteiger partial charge on any atom is 0.0265 e. The summed E-state index contributed by atoms with van der Waals surface area (Å²) in [5.41, 5.74) is 1.26. The van der Waals surface area contributed by atoms with E-state index in [1.54, 1.807) is 0 Å². The minimum Gasteiger partial charge on any atom is -0.313 e. The molecule has 1 nitrogen and oxygen atoms in total. The first-order chi connectivity index (χ1) is 6.79. The summed E-state index contributed by atoms with van der Waals surface area (Å²) in [4.78, 5) is 0. The Morgan fingerprint density at radius 2 is 1.93 bits per heavy atom. The molecule has 3 fully saturated rings. The van der Waals surface area contributed by atoms with Gasteiger partial charge >= 0.3 is 0 Å². The van der Waals surface area contributed by atoms with E-state index in [1.165, 1.54) is 44.9 Å².